The molecule has 0 unspecified atom stereocenters. The van der Waals surface area contributed by atoms with Gasteiger partial charge in [0, 0.05) is 12.5 Å². The van der Waals surface area contributed by atoms with E-state index in [1.165, 1.54) is 25.7 Å². The molecule has 1 spiro atoms. The van der Waals surface area contributed by atoms with Gasteiger partial charge in [-0.1, -0.05) is 12.2 Å². The SMILES string of the molecule is C=C1C[C@H]2[C@@H]3C[C@@H]4[C@H]1CC[C@@]41C[C@@]1(COC)[C@H]23. The number of methoxy groups -OCH3 is 1. The van der Waals surface area contributed by atoms with Crippen molar-refractivity contribution in [1.29, 1.82) is 0 Å². The van der Waals surface area contributed by atoms with Gasteiger partial charge in [0.15, 0.2) is 0 Å². The van der Waals surface area contributed by atoms with Crippen molar-refractivity contribution >= 4 is 0 Å². The van der Waals surface area contributed by atoms with E-state index in [9.17, 15) is 0 Å². The van der Waals surface area contributed by atoms with Crippen LogP contribution in [0.3, 0.4) is 0 Å². The van der Waals surface area contributed by atoms with Crippen molar-refractivity contribution in [2.45, 2.75) is 32.1 Å². The van der Waals surface area contributed by atoms with Crippen molar-refractivity contribution in [2.24, 2.45) is 40.4 Å². The van der Waals surface area contributed by atoms with E-state index in [4.69, 9.17) is 4.74 Å². The lowest BCUT2D eigenvalue weighted by Gasteiger charge is -2.36. The van der Waals surface area contributed by atoms with Crippen LogP contribution in [0.25, 0.3) is 0 Å². The maximum Gasteiger partial charge on any atom is 0.0527 e. The summed E-state index contributed by atoms with van der Waals surface area (Å²) in [5, 5.41) is 0. The number of hydrogen-bond acceptors (Lipinski definition) is 1. The van der Waals surface area contributed by atoms with Gasteiger partial charge in [0.25, 0.3) is 0 Å². The van der Waals surface area contributed by atoms with Crippen LogP contribution in [0.4, 0.5) is 0 Å². The Balaban J connectivity index is 1.66. The lowest BCUT2D eigenvalue weighted by molar-refractivity contribution is 0.0563. The summed E-state index contributed by atoms with van der Waals surface area (Å²) in [4.78, 5) is 0. The van der Waals surface area contributed by atoms with Gasteiger partial charge in [0.2, 0.25) is 0 Å². The second-order valence-corrected chi connectivity index (χ2v) is 7.63. The summed E-state index contributed by atoms with van der Waals surface area (Å²) < 4.78 is 5.64. The van der Waals surface area contributed by atoms with Crippen LogP contribution in [-0.2, 0) is 4.74 Å². The summed E-state index contributed by atoms with van der Waals surface area (Å²) in [6, 6.07) is 0. The highest BCUT2D eigenvalue weighted by Gasteiger charge is 2.85. The molecule has 0 amide bonds. The summed E-state index contributed by atoms with van der Waals surface area (Å²) in [7, 11) is 1.91. The largest absolute Gasteiger partial charge is 0.384 e. The van der Waals surface area contributed by atoms with Crippen LogP contribution in [0.1, 0.15) is 32.1 Å². The Hall–Kier alpha value is -0.300. The third-order valence-electron chi connectivity index (χ3n) is 7.51. The van der Waals surface area contributed by atoms with Gasteiger partial charge in [-0.2, -0.15) is 0 Å². The van der Waals surface area contributed by atoms with Gasteiger partial charge in [-0.15, -0.1) is 0 Å². The Kier molecular flexibility index (Phi) is 1.42. The predicted octanol–water partition coefficient (Wildman–Crippen LogP) is 3.26. The highest BCUT2D eigenvalue weighted by molar-refractivity contribution is 5.36. The zero-order chi connectivity index (χ0) is 11.4. The fourth-order valence-corrected chi connectivity index (χ4v) is 7.03. The second-order valence-electron chi connectivity index (χ2n) is 7.63. The van der Waals surface area contributed by atoms with Gasteiger partial charge in [-0.05, 0) is 67.1 Å². The quantitative estimate of drug-likeness (QED) is 0.662. The molecular formula is C16H22O. The van der Waals surface area contributed by atoms with E-state index >= 15 is 0 Å². The van der Waals surface area contributed by atoms with Crippen LogP contribution in [-0.4, -0.2) is 13.7 Å². The minimum Gasteiger partial charge on any atom is -0.384 e. The Bertz CT molecular complexity index is 427. The average molecular weight is 230 g/mol. The van der Waals surface area contributed by atoms with Crippen LogP contribution in [0, 0.1) is 40.4 Å². The lowest BCUT2D eigenvalue weighted by Crippen LogP contribution is -2.32. The summed E-state index contributed by atoms with van der Waals surface area (Å²) in [6.45, 7) is 5.49. The van der Waals surface area contributed by atoms with Crippen LogP contribution < -0.4 is 0 Å². The van der Waals surface area contributed by atoms with Crippen molar-refractivity contribution in [1.82, 2.24) is 0 Å². The van der Waals surface area contributed by atoms with E-state index in [1.54, 1.807) is 12.0 Å². The molecule has 1 nitrogen and oxygen atoms in total. The third kappa shape index (κ3) is 0.800. The maximum absolute atomic E-state index is 5.64. The van der Waals surface area contributed by atoms with Gasteiger partial charge in [0.1, 0.15) is 0 Å². The van der Waals surface area contributed by atoms with Gasteiger partial charge in [-0.25, -0.2) is 0 Å². The monoisotopic (exact) mass is 230 g/mol. The van der Waals surface area contributed by atoms with Crippen LogP contribution in [0.15, 0.2) is 12.2 Å². The Labute approximate surface area is 104 Å². The van der Waals surface area contributed by atoms with E-state index in [0.717, 1.165) is 36.2 Å². The highest BCUT2D eigenvalue weighted by atomic mass is 16.5. The minimum absolute atomic E-state index is 0.634. The number of allylic oxidation sites excluding steroid dienone is 1. The molecule has 5 saturated carbocycles. The average Bonchev–Trinajstić information content (AvgIpc) is 3.09. The summed E-state index contributed by atoms with van der Waals surface area (Å²) >= 11 is 0. The molecule has 0 N–H and O–H groups in total. The van der Waals surface area contributed by atoms with E-state index in [-0.39, 0.29) is 0 Å². The molecule has 0 saturated heterocycles. The standard InChI is InChI=1S/C16H22O/c1-9-5-11-12-6-13-10(9)3-4-15(13)7-16(15,8-17-2)14(11)12/h10-14H,1,3-8H2,2H3/t10-,11-,12-,13+,14+,15+,16+/m0/s1. The number of rotatable bonds is 2. The molecule has 0 heterocycles. The van der Waals surface area contributed by atoms with Gasteiger partial charge in [-0.3, -0.25) is 0 Å². The lowest BCUT2D eigenvalue weighted by atomic mass is 9.70. The first kappa shape index (κ1) is 9.61. The van der Waals surface area contributed by atoms with Crippen molar-refractivity contribution in [2.75, 3.05) is 13.7 Å². The molecule has 5 fully saturated rings. The zero-order valence-corrected chi connectivity index (χ0v) is 10.7. The first-order valence-corrected chi connectivity index (χ1v) is 7.40. The van der Waals surface area contributed by atoms with Crippen LogP contribution in [0.5, 0.6) is 0 Å². The van der Waals surface area contributed by atoms with Crippen molar-refractivity contribution < 1.29 is 4.74 Å². The molecule has 0 aliphatic heterocycles. The molecule has 0 radical (unpaired) electrons. The Morgan fingerprint density at radius 1 is 1.41 bits per heavy atom. The molecule has 17 heavy (non-hydrogen) atoms. The summed E-state index contributed by atoms with van der Waals surface area (Å²) in [5.74, 6) is 4.98. The first-order chi connectivity index (χ1) is 8.23. The highest BCUT2D eigenvalue weighted by Crippen LogP contribution is 2.90. The smallest absolute Gasteiger partial charge is 0.0527 e. The predicted molar refractivity (Wildman–Crippen MR) is 66.4 cm³/mol. The molecule has 5 aliphatic carbocycles. The van der Waals surface area contributed by atoms with E-state index in [2.05, 4.69) is 6.58 Å². The van der Waals surface area contributed by atoms with E-state index in [1.807, 2.05) is 7.11 Å². The van der Waals surface area contributed by atoms with Crippen LogP contribution in [0.2, 0.25) is 0 Å². The normalized spacial score (nSPS) is 65.2. The molecule has 5 rings (SSSR count). The zero-order valence-electron chi connectivity index (χ0n) is 10.7. The van der Waals surface area contributed by atoms with Crippen LogP contribution >= 0.6 is 0 Å². The molecule has 0 aromatic rings. The maximum atomic E-state index is 5.64. The summed E-state index contributed by atoms with van der Waals surface area (Å²) in [5.41, 5.74) is 2.97. The molecule has 2 bridgehead atoms. The molecule has 0 aromatic heterocycles. The Morgan fingerprint density at radius 2 is 2.29 bits per heavy atom. The van der Waals surface area contributed by atoms with E-state index in [0.29, 0.717) is 10.8 Å². The molecular weight excluding hydrogens is 208 g/mol. The van der Waals surface area contributed by atoms with Crippen molar-refractivity contribution in [3.05, 3.63) is 12.2 Å². The number of hydrogen-bond donors (Lipinski definition) is 0. The molecule has 92 valence electrons. The van der Waals surface area contributed by atoms with Gasteiger partial charge < -0.3 is 4.74 Å². The topological polar surface area (TPSA) is 9.23 Å². The molecule has 1 heteroatoms. The molecule has 5 aliphatic rings. The fraction of sp³-hybridized carbons (Fsp3) is 0.875. The first-order valence-electron chi connectivity index (χ1n) is 7.40. The second kappa shape index (κ2) is 2.52. The Morgan fingerprint density at radius 3 is 3.12 bits per heavy atom. The summed E-state index contributed by atoms with van der Waals surface area (Å²) in [6.07, 6.45) is 7.34. The molecule has 7 atom stereocenters. The van der Waals surface area contributed by atoms with Crippen molar-refractivity contribution in [3.63, 3.8) is 0 Å². The molecule has 0 aromatic carbocycles. The van der Waals surface area contributed by atoms with E-state index < -0.39 is 0 Å². The van der Waals surface area contributed by atoms with Gasteiger partial charge >= 0.3 is 0 Å². The number of ether oxygens (including phenoxy) is 1. The minimum atomic E-state index is 0.634. The number of fused-ring (bicyclic) bond motifs is 2. The van der Waals surface area contributed by atoms with Gasteiger partial charge in [0.05, 0.1) is 6.61 Å². The third-order valence-corrected chi connectivity index (χ3v) is 7.51. The fourth-order valence-electron chi connectivity index (χ4n) is 7.03. The van der Waals surface area contributed by atoms with Crippen molar-refractivity contribution in [3.8, 4) is 0 Å².